The summed E-state index contributed by atoms with van der Waals surface area (Å²) in [7, 11) is 0. The first-order chi connectivity index (χ1) is 15.8. The van der Waals surface area contributed by atoms with E-state index in [9.17, 15) is 0 Å². The molecule has 0 radical (unpaired) electrons. The van der Waals surface area contributed by atoms with Crippen LogP contribution in [0.2, 0.25) is 0 Å². The normalized spacial score (nSPS) is 33.9. The second-order valence-corrected chi connectivity index (χ2v) is 12.2. The number of unbranched alkanes of at least 4 members (excludes halogenated alkanes) is 4. The van der Waals surface area contributed by atoms with Gasteiger partial charge >= 0.3 is 0 Å². The molecular formula is C31H58O. The summed E-state index contributed by atoms with van der Waals surface area (Å²) in [6, 6.07) is 0. The van der Waals surface area contributed by atoms with E-state index in [0.29, 0.717) is 6.10 Å². The first-order valence-corrected chi connectivity index (χ1v) is 15.4. The Morgan fingerprint density at radius 2 is 0.969 bits per heavy atom. The van der Waals surface area contributed by atoms with Gasteiger partial charge in [-0.3, -0.25) is 0 Å². The maximum atomic E-state index is 6.37. The fraction of sp³-hybridized carbons (Fsp3) is 1.00. The van der Waals surface area contributed by atoms with Crippen molar-refractivity contribution in [3.8, 4) is 0 Å². The average molecular weight is 447 g/mol. The third kappa shape index (κ3) is 9.68. The van der Waals surface area contributed by atoms with Crippen molar-refractivity contribution in [3.05, 3.63) is 0 Å². The Kier molecular flexibility index (Phi) is 13.1. The first-order valence-electron chi connectivity index (χ1n) is 15.4. The van der Waals surface area contributed by atoms with Gasteiger partial charge in [-0.1, -0.05) is 104 Å². The van der Waals surface area contributed by atoms with Crippen molar-refractivity contribution in [1.82, 2.24) is 0 Å². The molecule has 0 aliphatic heterocycles. The molecule has 188 valence electrons. The first kappa shape index (κ1) is 26.6. The van der Waals surface area contributed by atoms with E-state index < -0.39 is 0 Å². The Balaban J connectivity index is 1.16. The monoisotopic (exact) mass is 446 g/mol. The van der Waals surface area contributed by atoms with Crippen molar-refractivity contribution in [2.24, 2.45) is 29.6 Å². The predicted octanol–water partition coefficient (Wildman–Crippen LogP) is 10.1. The van der Waals surface area contributed by atoms with E-state index in [0.717, 1.165) is 36.2 Å². The van der Waals surface area contributed by atoms with E-state index in [1.165, 1.54) is 141 Å². The van der Waals surface area contributed by atoms with Crippen molar-refractivity contribution in [2.75, 3.05) is 6.61 Å². The molecule has 0 aromatic carbocycles. The summed E-state index contributed by atoms with van der Waals surface area (Å²) >= 11 is 0. The minimum atomic E-state index is 0.589. The summed E-state index contributed by atoms with van der Waals surface area (Å²) in [5.74, 6) is 5.20. The molecule has 0 heterocycles. The molecule has 32 heavy (non-hydrogen) atoms. The molecule has 1 nitrogen and oxygen atoms in total. The summed E-state index contributed by atoms with van der Waals surface area (Å²) in [5.41, 5.74) is 0. The molecule has 3 saturated carbocycles. The zero-order valence-corrected chi connectivity index (χ0v) is 22.1. The molecule has 0 atom stereocenters. The van der Waals surface area contributed by atoms with Gasteiger partial charge in [0.15, 0.2) is 0 Å². The van der Waals surface area contributed by atoms with Crippen molar-refractivity contribution < 1.29 is 4.74 Å². The van der Waals surface area contributed by atoms with Crippen molar-refractivity contribution in [3.63, 3.8) is 0 Å². The molecule has 1 heteroatoms. The van der Waals surface area contributed by atoms with Crippen molar-refractivity contribution >= 4 is 0 Å². The maximum Gasteiger partial charge on any atom is 0.0575 e. The smallest absolute Gasteiger partial charge is 0.0575 e. The summed E-state index contributed by atoms with van der Waals surface area (Å²) in [4.78, 5) is 0. The summed E-state index contributed by atoms with van der Waals surface area (Å²) in [6.07, 6.45) is 32.7. The molecule has 0 saturated heterocycles. The molecule has 3 aliphatic carbocycles. The fourth-order valence-electron chi connectivity index (χ4n) is 7.55. The van der Waals surface area contributed by atoms with Gasteiger partial charge in [0.25, 0.3) is 0 Å². The standard InChI is InChI=1S/C31H58O/c1-3-5-6-7-8-11-27-13-15-28(16-14-27)12-9-25-32-31-23-21-30(22-24-31)29-19-17-26(10-4-2)18-20-29/h26-31H,3-25H2,1-2H3/t26-,27?,28?,29-,30?,31?. The van der Waals surface area contributed by atoms with Crippen LogP contribution in [0.15, 0.2) is 0 Å². The molecule has 0 spiro atoms. The second-order valence-electron chi connectivity index (χ2n) is 12.2. The zero-order valence-electron chi connectivity index (χ0n) is 22.1. The highest BCUT2D eigenvalue weighted by Crippen LogP contribution is 2.41. The Labute approximate surface area is 202 Å². The minimum absolute atomic E-state index is 0.589. The van der Waals surface area contributed by atoms with Crippen LogP contribution in [0.4, 0.5) is 0 Å². The highest BCUT2D eigenvalue weighted by molar-refractivity contribution is 4.82. The van der Waals surface area contributed by atoms with Crippen LogP contribution >= 0.6 is 0 Å². The van der Waals surface area contributed by atoms with Gasteiger partial charge in [0, 0.05) is 6.61 Å². The molecular weight excluding hydrogens is 388 g/mol. The SMILES string of the molecule is CCCCCCCC1CCC(CCCOC2CCC([C@H]3CC[C@H](CCC)CC3)CC2)CC1. The lowest BCUT2D eigenvalue weighted by atomic mass is 9.70. The molecule has 0 aromatic heterocycles. The van der Waals surface area contributed by atoms with Gasteiger partial charge in [0.05, 0.1) is 6.10 Å². The second kappa shape index (κ2) is 15.8. The van der Waals surface area contributed by atoms with Crippen LogP contribution in [-0.2, 0) is 4.74 Å². The Hall–Kier alpha value is -0.0400. The van der Waals surface area contributed by atoms with Crippen LogP contribution in [0.3, 0.4) is 0 Å². The summed E-state index contributed by atoms with van der Waals surface area (Å²) in [5, 5.41) is 0. The Bertz CT molecular complexity index is 435. The molecule has 3 aliphatic rings. The van der Waals surface area contributed by atoms with E-state index in [1.807, 2.05) is 0 Å². The molecule has 3 rings (SSSR count). The largest absolute Gasteiger partial charge is 0.378 e. The third-order valence-corrected chi connectivity index (χ3v) is 9.77. The van der Waals surface area contributed by atoms with Crippen molar-refractivity contribution in [2.45, 2.75) is 161 Å². The number of rotatable bonds is 14. The number of hydrogen-bond acceptors (Lipinski definition) is 1. The van der Waals surface area contributed by atoms with Gasteiger partial charge in [-0.2, -0.15) is 0 Å². The Morgan fingerprint density at radius 3 is 1.56 bits per heavy atom. The molecule has 0 bridgehead atoms. The molecule has 3 fully saturated rings. The maximum absolute atomic E-state index is 6.37. The number of ether oxygens (including phenoxy) is 1. The van der Waals surface area contributed by atoms with Crippen molar-refractivity contribution in [1.29, 1.82) is 0 Å². The van der Waals surface area contributed by atoms with Crippen LogP contribution < -0.4 is 0 Å². The zero-order chi connectivity index (χ0) is 22.4. The summed E-state index contributed by atoms with van der Waals surface area (Å²) in [6.45, 7) is 5.71. The van der Waals surface area contributed by atoms with Gasteiger partial charge in [0.2, 0.25) is 0 Å². The molecule has 0 N–H and O–H groups in total. The average Bonchev–Trinajstić information content (AvgIpc) is 2.84. The summed E-state index contributed by atoms with van der Waals surface area (Å²) < 4.78 is 6.37. The van der Waals surface area contributed by atoms with Crippen LogP contribution in [0, 0.1) is 29.6 Å². The van der Waals surface area contributed by atoms with E-state index in [2.05, 4.69) is 13.8 Å². The van der Waals surface area contributed by atoms with E-state index >= 15 is 0 Å². The van der Waals surface area contributed by atoms with Gasteiger partial charge in [-0.25, -0.2) is 0 Å². The van der Waals surface area contributed by atoms with Crippen LogP contribution in [0.5, 0.6) is 0 Å². The van der Waals surface area contributed by atoms with E-state index in [1.54, 1.807) is 0 Å². The molecule has 0 aromatic rings. The van der Waals surface area contributed by atoms with Gasteiger partial charge in [0.1, 0.15) is 0 Å². The Morgan fingerprint density at radius 1 is 0.469 bits per heavy atom. The highest BCUT2D eigenvalue weighted by atomic mass is 16.5. The minimum Gasteiger partial charge on any atom is -0.378 e. The van der Waals surface area contributed by atoms with Gasteiger partial charge in [-0.15, -0.1) is 0 Å². The van der Waals surface area contributed by atoms with Gasteiger partial charge < -0.3 is 4.74 Å². The molecule has 0 unspecified atom stereocenters. The fourth-order valence-corrected chi connectivity index (χ4v) is 7.55. The lowest BCUT2D eigenvalue weighted by Gasteiger charge is -2.38. The topological polar surface area (TPSA) is 9.23 Å². The number of hydrogen-bond donors (Lipinski definition) is 0. The lowest BCUT2D eigenvalue weighted by molar-refractivity contribution is 0.00369. The lowest BCUT2D eigenvalue weighted by Crippen LogP contribution is -2.28. The van der Waals surface area contributed by atoms with E-state index in [-0.39, 0.29) is 0 Å². The van der Waals surface area contributed by atoms with E-state index in [4.69, 9.17) is 4.74 Å². The van der Waals surface area contributed by atoms with Crippen LogP contribution in [0.25, 0.3) is 0 Å². The third-order valence-electron chi connectivity index (χ3n) is 9.77. The van der Waals surface area contributed by atoms with Crippen LogP contribution in [-0.4, -0.2) is 12.7 Å². The van der Waals surface area contributed by atoms with Gasteiger partial charge in [-0.05, 0) is 81.0 Å². The molecule has 0 amide bonds. The predicted molar refractivity (Wildman–Crippen MR) is 140 cm³/mol. The highest BCUT2D eigenvalue weighted by Gasteiger charge is 2.31. The van der Waals surface area contributed by atoms with Crippen LogP contribution in [0.1, 0.15) is 155 Å². The quantitative estimate of drug-likeness (QED) is 0.241.